The number of hydrogen-bond donors (Lipinski definition) is 0. The van der Waals surface area contributed by atoms with Crippen molar-refractivity contribution in [3.63, 3.8) is 0 Å². The summed E-state index contributed by atoms with van der Waals surface area (Å²) < 4.78 is 108. The Morgan fingerprint density at radius 1 is 0.698 bits per heavy atom. The molecule has 1 aliphatic rings. The van der Waals surface area contributed by atoms with Gasteiger partial charge >= 0.3 is 6.11 Å². The highest BCUT2D eigenvalue weighted by molar-refractivity contribution is 5.71. The monoisotopic (exact) mass is 598 g/mol. The van der Waals surface area contributed by atoms with Gasteiger partial charge in [-0.2, -0.15) is 8.78 Å². The van der Waals surface area contributed by atoms with Crippen LogP contribution in [0.5, 0.6) is 5.75 Å². The molecule has 0 amide bonds. The van der Waals surface area contributed by atoms with Crippen LogP contribution in [-0.4, -0.2) is 0 Å². The first-order valence-corrected chi connectivity index (χ1v) is 14.1. The first kappa shape index (κ1) is 30.4. The molecule has 8 heteroatoms. The number of allylic oxidation sites excluding steroid dienone is 2. The van der Waals surface area contributed by atoms with Gasteiger partial charge in [0.1, 0.15) is 40.4 Å². The van der Waals surface area contributed by atoms with Crippen molar-refractivity contribution < 1.29 is 35.5 Å². The molecule has 0 unspecified atom stereocenters. The van der Waals surface area contributed by atoms with E-state index in [4.69, 9.17) is 0 Å². The second-order valence-corrected chi connectivity index (χ2v) is 10.8. The Balaban J connectivity index is 1.32. The summed E-state index contributed by atoms with van der Waals surface area (Å²) >= 11 is 0. The third kappa shape index (κ3) is 6.79. The highest BCUT2D eigenvalue weighted by Gasteiger charge is 2.41. The Labute approximate surface area is 245 Å². The van der Waals surface area contributed by atoms with E-state index in [1.807, 2.05) is 6.92 Å². The molecular formula is C35H29F7O. The Morgan fingerprint density at radius 2 is 1.28 bits per heavy atom. The van der Waals surface area contributed by atoms with Crippen LogP contribution in [0.3, 0.4) is 0 Å². The zero-order chi connectivity index (χ0) is 30.7. The molecule has 0 radical (unpaired) electrons. The number of benzene rings is 4. The van der Waals surface area contributed by atoms with E-state index in [9.17, 15) is 22.0 Å². The molecule has 0 N–H and O–H groups in total. The van der Waals surface area contributed by atoms with Gasteiger partial charge in [0.05, 0.1) is 0 Å². The topological polar surface area (TPSA) is 9.23 Å². The summed E-state index contributed by atoms with van der Waals surface area (Å²) in [4.78, 5) is 0. The van der Waals surface area contributed by atoms with E-state index in [-0.39, 0.29) is 22.6 Å². The molecule has 224 valence electrons. The normalized spacial score (nSPS) is 17.4. The molecule has 1 saturated carbocycles. The minimum absolute atomic E-state index is 0.109. The van der Waals surface area contributed by atoms with Crippen molar-refractivity contribution in [3.05, 3.63) is 125 Å². The van der Waals surface area contributed by atoms with E-state index in [0.29, 0.717) is 36.0 Å². The number of alkyl halides is 2. The average Bonchev–Trinajstić information content (AvgIpc) is 2.96. The van der Waals surface area contributed by atoms with Crippen molar-refractivity contribution in [3.8, 4) is 28.0 Å². The maximum Gasteiger partial charge on any atom is 0.432 e. The second kappa shape index (κ2) is 12.7. The minimum atomic E-state index is -4.44. The highest BCUT2D eigenvalue weighted by Crippen LogP contribution is 2.41. The minimum Gasteiger partial charge on any atom is -0.429 e. The predicted octanol–water partition coefficient (Wildman–Crippen LogP) is 11.1. The molecule has 0 aliphatic heterocycles. The third-order valence-corrected chi connectivity index (χ3v) is 7.86. The first-order valence-electron chi connectivity index (χ1n) is 14.1. The molecule has 1 fully saturated rings. The molecular weight excluding hydrogens is 569 g/mol. The molecule has 0 atom stereocenters. The van der Waals surface area contributed by atoms with Gasteiger partial charge in [-0.1, -0.05) is 43.3 Å². The molecule has 0 spiro atoms. The van der Waals surface area contributed by atoms with Crippen molar-refractivity contribution in [2.45, 2.75) is 51.1 Å². The standard InChI is InChI=1S/C35H29F7O/c1-2-3-4-21-5-7-22(8-6-21)25-18-32(39)34(33(40)19-25)35(41,42)43-27-14-16-29(31(38)20-27)24-11-15-28(30(37)17-24)23-9-12-26(36)13-10-23/h3-4,9-22H,2,5-8H2,1H3. The van der Waals surface area contributed by atoms with E-state index in [0.717, 1.165) is 49.6 Å². The lowest BCUT2D eigenvalue weighted by molar-refractivity contribution is -0.189. The van der Waals surface area contributed by atoms with Crippen molar-refractivity contribution in [2.24, 2.45) is 5.92 Å². The largest absolute Gasteiger partial charge is 0.432 e. The fourth-order valence-corrected chi connectivity index (χ4v) is 5.62. The summed E-state index contributed by atoms with van der Waals surface area (Å²) in [7, 11) is 0. The lowest BCUT2D eigenvalue weighted by atomic mass is 9.78. The van der Waals surface area contributed by atoms with Crippen molar-refractivity contribution in [1.29, 1.82) is 0 Å². The predicted molar refractivity (Wildman–Crippen MR) is 152 cm³/mol. The number of ether oxygens (including phenoxy) is 1. The zero-order valence-corrected chi connectivity index (χ0v) is 23.3. The summed E-state index contributed by atoms with van der Waals surface area (Å²) in [5.74, 6) is -5.50. The van der Waals surface area contributed by atoms with Gasteiger partial charge in [-0.15, -0.1) is 0 Å². The van der Waals surface area contributed by atoms with E-state index < -0.39 is 46.5 Å². The summed E-state index contributed by atoms with van der Waals surface area (Å²) in [6, 6.07) is 13.7. The number of hydrogen-bond acceptors (Lipinski definition) is 1. The van der Waals surface area contributed by atoms with Crippen LogP contribution in [-0.2, 0) is 6.11 Å². The molecule has 0 bridgehead atoms. The van der Waals surface area contributed by atoms with Gasteiger partial charge in [0.2, 0.25) is 0 Å². The van der Waals surface area contributed by atoms with Gasteiger partial charge < -0.3 is 4.74 Å². The number of rotatable bonds is 8. The van der Waals surface area contributed by atoms with Crippen LogP contribution in [0.2, 0.25) is 0 Å². The highest BCUT2D eigenvalue weighted by atomic mass is 19.3. The van der Waals surface area contributed by atoms with E-state index in [2.05, 4.69) is 16.9 Å². The molecule has 0 saturated heterocycles. The molecule has 1 aliphatic carbocycles. The van der Waals surface area contributed by atoms with Gasteiger partial charge in [-0.25, -0.2) is 22.0 Å². The fourth-order valence-electron chi connectivity index (χ4n) is 5.62. The van der Waals surface area contributed by atoms with Crippen molar-refractivity contribution >= 4 is 0 Å². The van der Waals surface area contributed by atoms with E-state index in [1.165, 1.54) is 36.4 Å². The van der Waals surface area contributed by atoms with Crippen molar-refractivity contribution in [2.75, 3.05) is 0 Å². The second-order valence-electron chi connectivity index (χ2n) is 10.8. The summed E-state index contributed by atoms with van der Waals surface area (Å²) in [5, 5.41) is 0. The lowest BCUT2D eigenvalue weighted by Gasteiger charge is -2.28. The van der Waals surface area contributed by atoms with E-state index >= 15 is 8.78 Å². The quantitative estimate of drug-likeness (QED) is 0.145. The summed E-state index contributed by atoms with van der Waals surface area (Å²) in [6.45, 7) is 2.04. The van der Waals surface area contributed by atoms with Crippen LogP contribution in [0, 0.1) is 35.0 Å². The molecule has 5 rings (SSSR count). The Kier molecular flexibility index (Phi) is 8.95. The molecule has 43 heavy (non-hydrogen) atoms. The van der Waals surface area contributed by atoms with Gasteiger partial charge in [-0.05, 0) is 103 Å². The van der Waals surface area contributed by atoms with Crippen LogP contribution < -0.4 is 4.74 Å². The zero-order valence-electron chi connectivity index (χ0n) is 23.3. The third-order valence-electron chi connectivity index (χ3n) is 7.86. The number of halogens is 7. The maximum atomic E-state index is 15.0. The Hall–Kier alpha value is -4.07. The lowest BCUT2D eigenvalue weighted by Crippen LogP contribution is -2.25. The maximum absolute atomic E-state index is 15.0. The SMILES string of the molecule is CCC=CC1CCC(c2cc(F)c(C(F)(F)Oc3ccc(-c4ccc(-c5ccc(F)cc5)c(F)c4)c(F)c3)c(F)c2)CC1. The molecule has 4 aromatic carbocycles. The van der Waals surface area contributed by atoms with Gasteiger partial charge in [0.25, 0.3) is 0 Å². The smallest absolute Gasteiger partial charge is 0.429 e. The van der Waals surface area contributed by atoms with Crippen LogP contribution in [0.4, 0.5) is 30.7 Å². The Morgan fingerprint density at radius 3 is 1.88 bits per heavy atom. The van der Waals surface area contributed by atoms with E-state index in [1.54, 1.807) is 0 Å². The van der Waals surface area contributed by atoms with Crippen molar-refractivity contribution in [1.82, 2.24) is 0 Å². The van der Waals surface area contributed by atoms with Crippen LogP contribution in [0.15, 0.2) is 84.9 Å². The van der Waals surface area contributed by atoms with Crippen LogP contribution >= 0.6 is 0 Å². The molecule has 4 aromatic rings. The molecule has 1 nitrogen and oxygen atoms in total. The average molecular weight is 599 g/mol. The first-order chi connectivity index (χ1) is 20.6. The molecule has 0 aromatic heterocycles. The fraction of sp³-hybridized carbons (Fsp3) is 0.257. The van der Waals surface area contributed by atoms with Gasteiger partial charge in [0, 0.05) is 17.2 Å². The van der Waals surface area contributed by atoms with Gasteiger partial charge in [0.15, 0.2) is 0 Å². The van der Waals surface area contributed by atoms with Gasteiger partial charge in [-0.3, -0.25) is 0 Å². The van der Waals surface area contributed by atoms with Crippen LogP contribution in [0.25, 0.3) is 22.3 Å². The summed E-state index contributed by atoms with van der Waals surface area (Å²) in [5.41, 5.74) is -0.657. The molecule has 0 heterocycles. The Bertz CT molecular complexity index is 1600. The van der Waals surface area contributed by atoms with Crippen LogP contribution in [0.1, 0.15) is 56.1 Å². The summed E-state index contributed by atoms with van der Waals surface area (Å²) in [6.07, 6.45) is 3.80.